The molecule has 2 heterocycles. The third kappa shape index (κ3) is 5.27. The van der Waals surface area contributed by atoms with Gasteiger partial charge in [0.2, 0.25) is 5.91 Å². The number of carbonyl (C=O) groups is 1. The fraction of sp³-hybridized carbons (Fsp3) is 0.409. The minimum absolute atomic E-state index is 0.0153. The molecule has 0 unspecified atom stereocenters. The van der Waals surface area contributed by atoms with Crippen LogP contribution in [0.1, 0.15) is 18.9 Å². The molecule has 1 fully saturated rings. The van der Waals surface area contributed by atoms with Gasteiger partial charge in [0.15, 0.2) is 0 Å². The number of nitrogens with zero attached hydrogens (tertiary/aromatic N) is 1. The van der Waals surface area contributed by atoms with Crippen molar-refractivity contribution >= 4 is 29.2 Å². The zero-order valence-corrected chi connectivity index (χ0v) is 17.5. The van der Waals surface area contributed by atoms with Crippen molar-refractivity contribution in [1.82, 2.24) is 15.5 Å². The molecule has 30 heavy (non-hydrogen) atoms. The van der Waals surface area contributed by atoms with Gasteiger partial charge in [0.25, 0.3) is 0 Å². The first-order valence-corrected chi connectivity index (χ1v) is 10.1. The number of anilines is 1. The van der Waals surface area contributed by atoms with Gasteiger partial charge in [0.1, 0.15) is 5.84 Å². The zero-order valence-electron chi connectivity index (χ0n) is 17.5. The lowest BCUT2D eigenvalue weighted by molar-refractivity contribution is -0.128. The average molecular weight is 411 g/mol. The van der Waals surface area contributed by atoms with E-state index in [9.17, 15) is 4.79 Å². The van der Waals surface area contributed by atoms with E-state index in [4.69, 9.17) is 15.6 Å². The van der Waals surface area contributed by atoms with Gasteiger partial charge >= 0.3 is 0 Å². The number of carbonyl (C=O) groups excluding carboxylic acids is 1. The summed E-state index contributed by atoms with van der Waals surface area (Å²) in [6.45, 7) is 4.99. The van der Waals surface area contributed by atoms with Crippen molar-refractivity contribution in [2.45, 2.75) is 13.3 Å². The highest BCUT2D eigenvalue weighted by Crippen LogP contribution is 2.22. The molecule has 5 N–H and O–H groups in total. The van der Waals surface area contributed by atoms with Crippen LogP contribution in [0.2, 0.25) is 0 Å². The lowest BCUT2D eigenvalue weighted by Gasteiger charge is -2.33. The van der Waals surface area contributed by atoms with Crippen molar-refractivity contribution < 1.29 is 9.53 Å². The lowest BCUT2D eigenvalue weighted by Crippen LogP contribution is -2.43. The van der Waals surface area contributed by atoms with E-state index in [0.717, 1.165) is 47.9 Å². The summed E-state index contributed by atoms with van der Waals surface area (Å²) in [7, 11) is 1.79. The molecule has 3 rings (SSSR count). The van der Waals surface area contributed by atoms with Gasteiger partial charge in [-0.3, -0.25) is 10.2 Å². The molecule has 160 valence electrons. The van der Waals surface area contributed by atoms with Crippen molar-refractivity contribution in [2.24, 2.45) is 5.92 Å². The summed E-state index contributed by atoms with van der Waals surface area (Å²) in [4.78, 5) is 13.7. The molecule has 8 nitrogen and oxygen atoms in total. The Morgan fingerprint density at radius 2 is 2.17 bits per heavy atom. The van der Waals surface area contributed by atoms with Gasteiger partial charge in [0.05, 0.1) is 19.8 Å². The van der Waals surface area contributed by atoms with Crippen LogP contribution >= 0.6 is 0 Å². The number of ether oxygens (including phenoxy) is 1. The van der Waals surface area contributed by atoms with Crippen LogP contribution in [0.5, 0.6) is 0 Å². The number of hydrogen-bond acceptors (Lipinski definition) is 6. The fourth-order valence-corrected chi connectivity index (χ4v) is 3.49. The summed E-state index contributed by atoms with van der Waals surface area (Å²) in [5.41, 5.74) is 4.21. The summed E-state index contributed by atoms with van der Waals surface area (Å²) in [5.74, 6) is 0.794. The second-order valence-corrected chi connectivity index (χ2v) is 7.55. The number of rotatable bonds is 8. The Morgan fingerprint density at radius 3 is 2.80 bits per heavy atom. The van der Waals surface area contributed by atoms with Gasteiger partial charge in [-0.05, 0) is 17.7 Å². The van der Waals surface area contributed by atoms with E-state index in [-0.39, 0.29) is 11.7 Å². The summed E-state index contributed by atoms with van der Waals surface area (Å²) in [6.07, 6.45) is 3.76. The van der Waals surface area contributed by atoms with Crippen LogP contribution in [-0.4, -0.2) is 62.8 Å². The third-order valence-electron chi connectivity index (χ3n) is 5.32. The molecule has 0 saturated carbocycles. The van der Waals surface area contributed by atoms with Crippen LogP contribution in [0.15, 0.2) is 41.7 Å². The Bertz CT molecular complexity index is 872. The van der Waals surface area contributed by atoms with Gasteiger partial charge in [-0.1, -0.05) is 12.1 Å². The maximum Gasteiger partial charge on any atom is 0.219 e. The number of benzene rings is 1. The largest absolute Gasteiger partial charge is 0.393 e. The predicted octanol–water partition coefficient (Wildman–Crippen LogP) is 2.03. The van der Waals surface area contributed by atoms with Crippen molar-refractivity contribution in [2.75, 3.05) is 45.2 Å². The number of hydrogen-bond donors (Lipinski definition) is 5. The van der Waals surface area contributed by atoms with Gasteiger partial charge in [-0.25, -0.2) is 0 Å². The van der Waals surface area contributed by atoms with Crippen LogP contribution in [0.3, 0.4) is 0 Å². The fourth-order valence-electron chi connectivity index (χ4n) is 3.49. The summed E-state index contributed by atoms with van der Waals surface area (Å²) >= 11 is 0. The average Bonchev–Trinajstić information content (AvgIpc) is 2.71. The first-order chi connectivity index (χ1) is 14.5. The van der Waals surface area contributed by atoms with E-state index < -0.39 is 0 Å². The van der Waals surface area contributed by atoms with E-state index in [1.807, 2.05) is 24.3 Å². The molecule has 1 aromatic rings. The first-order valence-electron chi connectivity index (χ1n) is 10.1. The van der Waals surface area contributed by atoms with Gasteiger partial charge in [-0.15, -0.1) is 0 Å². The van der Waals surface area contributed by atoms with Crippen LogP contribution < -0.4 is 16.0 Å². The van der Waals surface area contributed by atoms with E-state index >= 15 is 0 Å². The molecule has 2 aliphatic heterocycles. The van der Waals surface area contributed by atoms with E-state index in [1.54, 1.807) is 25.1 Å². The Hall–Kier alpha value is -3.13. The molecule has 1 aromatic carbocycles. The molecular formula is C22H30N6O2. The Morgan fingerprint density at radius 1 is 1.37 bits per heavy atom. The third-order valence-corrected chi connectivity index (χ3v) is 5.32. The van der Waals surface area contributed by atoms with Gasteiger partial charge < -0.3 is 31.0 Å². The number of amidine groups is 1. The van der Waals surface area contributed by atoms with Crippen LogP contribution in [0, 0.1) is 16.7 Å². The molecule has 8 heteroatoms. The molecule has 1 amide bonds. The monoisotopic (exact) mass is 410 g/mol. The van der Waals surface area contributed by atoms with Crippen LogP contribution in [0.4, 0.5) is 5.69 Å². The maximum atomic E-state index is 11.9. The molecule has 1 saturated heterocycles. The lowest BCUT2D eigenvalue weighted by atomic mass is 10.0. The molecule has 0 spiro atoms. The predicted molar refractivity (Wildman–Crippen MR) is 120 cm³/mol. The van der Waals surface area contributed by atoms with Crippen LogP contribution in [0.25, 0.3) is 5.57 Å². The van der Waals surface area contributed by atoms with Crippen molar-refractivity contribution in [3.63, 3.8) is 0 Å². The minimum atomic E-state index is 0.0153. The highest BCUT2D eigenvalue weighted by molar-refractivity contribution is 6.10. The van der Waals surface area contributed by atoms with E-state index in [2.05, 4.69) is 16.0 Å². The number of amides is 1. The molecule has 0 bridgehead atoms. The molecule has 0 aliphatic carbocycles. The second-order valence-electron chi connectivity index (χ2n) is 7.55. The van der Waals surface area contributed by atoms with Crippen LogP contribution in [-0.2, 0) is 9.53 Å². The maximum absolute atomic E-state index is 11.9. The Balaban J connectivity index is 1.78. The first kappa shape index (κ1) is 21.6. The summed E-state index contributed by atoms with van der Waals surface area (Å²) in [5, 5.41) is 25.9. The molecule has 0 aromatic heterocycles. The standard InChI is InChI=1S/C22H30N6O2/c1-15(29)28-7-6-21(26-10-16-13-30-14-16)20(12-28)22(24)27-19-5-3-4-17(8-19)18(9-23)11-25-2/h3-5,8-9,11,16,23,25-26H,6-7,10,12-14H2,1-2H3,(H2,24,27)/b18-11+,23-9?. The normalized spacial score (nSPS) is 17.3. The molecule has 2 aliphatic rings. The summed E-state index contributed by atoms with van der Waals surface area (Å²) < 4.78 is 5.25. The number of allylic oxidation sites excluding steroid dienone is 1. The minimum Gasteiger partial charge on any atom is -0.393 e. The number of nitrogens with one attached hydrogen (secondary N) is 5. The molecular weight excluding hydrogens is 380 g/mol. The van der Waals surface area contributed by atoms with E-state index in [0.29, 0.717) is 25.4 Å². The zero-order chi connectivity index (χ0) is 21.5. The quantitative estimate of drug-likeness (QED) is 0.332. The second kappa shape index (κ2) is 10.1. The van der Waals surface area contributed by atoms with Crippen molar-refractivity contribution in [1.29, 1.82) is 10.8 Å². The van der Waals surface area contributed by atoms with Crippen molar-refractivity contribution in [3.05, 3.63) is 47.3 Å². The summed E-state index contributed by atoms with van der Waals surface area (Å²) in [6, 6.07) is 7.62. The molecule has 0 radical (unpaired) electrons. The van der Waals surface area contributed by atoms with E-state index in [1.165, 1.54) is 6.21 Å². The van der Waals surface area contributed by atoms with Gasteiger partial charge in [0, 0.05) is 74.3 Å². The highest BCUT2D eigenvalue weighted by Gasteiger charge is 2.25. The topological polar surface area (TPSA) is 113 Å². The Kier molecular flexibility index (Phi) is 7.24. The highest BCUT2D eigenvalue weighted by atomic mass is 16.5. The SMILES string of the molecule is CN/C=C(\C=N)c1cccc(NC(=N)C2=C(NCC3COC3)CCN(C(C)=O)C2)c1. The smallest absolute Gasteiger partial charge is 0.219 e. The molecule has 0 atom stereocenters. The van der Waals surface area contributed by atoms with Gasteiger partial charge in [-0.2, -0.15) is 0 Å². The Labute approximate surface area is 177 Å². The van der Waals surface area contributed by atoms with Crippen molar-refractivity contribution in [3.8, 4) is 0 Å².